The van der Waals surface area contributed by atoms with Crippen molar-refractivity contribution in [2.24, 2.45) is 4.99 Å². The average Bonchev–Trinajstić information content (AvgIpc) is 3.07. The zero-order chi connectivity index (χ0) is 25.5. The summed E-state index contributed by atoms with van der Waals surface area (Å²) in [5.74, 6) is 0.307. The number of benzene rings is 3. The molecular weight excluding hydrogens is 464 g/mol. The quantitative estimate of drug-likeness (QED) is 0.382. The number of rotatable bonds is 7. The summed E-state index contributed by atoms with van der Waals surface area (Å²) in [4.78, 5) is 37.2. The van der Waals surface area contributed by atoms with Gasteiger partial charge in [-0.15, -0.1) is 0 Å². The number of pyridine rings is 1. The molecule has 7 nitrogen and oxygen atoms in total. The first kappa shape index (κ1) is 23.9. The van der Waals surface area contributed by atoms with Gasteiger partial charge in [-0.2, -0.15) is 0 Å². The molecule has 7 heteroatoms. The average molecular weight is 491 g/mol. The van der Waals surface area contributed by atoms with E-state index in [4.69, 9.17) is 9.73 Å². The van der Waals surface area contributed by atoms with Crippen LogP contribution in [0, 0.1) is 0 Å². The number of benzodiazepines with no additional fused rings is 1. The van der Waals surface area contributed by atoms with E-state index in [1.54, 1.807) is 17.2 Å². The van der Waals surface area contributed by atoms with Crippen LogP contribution in [-0.4, -0.2) is 35.3 Å². The van der Waals surface area contributed by atoms with Crippen LogP contribution in [0.3, 0.4) is 0 Å². The minimum Gasteiger partial charge on any atom is -0.445 e. The van der Waals surface area contributed by atoms with Gasteiger partial charge in [-0.05, 0) is 30.2 Å². The van der Waals surface area contributed by atoms with Crippen molar-refractivity contribution in [3.63, 3.8) is 0 Å². The SMILES string of the molecule is O=C(NCCC1N=C(c2ccccc2)c2ccccc2N(c2ccccn2)C1=O)OCc1ccccc1. The Bertz CT molecular complexity index is 1390. The van der Waals surface area contributed by atoms with Gasteiger partial charge >= 0.3 is 6.09 Å². The number of aliphatic imine (C=N–C) groups is 1. The van der Waals surface area contributed by atoms with Gasteiger partial charge in [0.15, 0.2) is 0 Å². The molecule has 3 aromatic carbocycles. The van der Waals surface area contributed by atoms with Crippen LogP contribution in [0.1, 0.15) is 23.1 Å². The van der Waals surface area contributed by atoms with Crippen molar-refractivity contribution >= 4 is 29.2 Å². The van der Waals surface area contributed by atoms with Crippen molar-refractivity contribution in [1.29, 1.82) is 0 Å². The molecule has 1 aliphatic rings. The molecule has 1 unspecified atom stereocenters. The van der Waals surface area contributed by atoms with Gasteiger partial charge in [-0.3, -0.25) is 14.7 Å². The van der Waals surface area contributed by atoms with Crippen LogP contribution in [0.2, 0.25) is 0 Å². The topological polar surface area (TPSA) is 83.9 Å². The number of nitrogens with one attached hydrogen (secondary N) is 1. The Morgan fingerprint density at radius 3 is 2.32 bits per heavy atom. The standard InChI is InChI=1S/C30H26N4O3/c35-29-25(18-20-32-30(36)37-21-22-11-3-1-4-12-22)33-28(23-13-5-2-6-14-23)24-15-7-8-16-26(24)34(29)27-17-9-10-19-31-27/h1-17,19,25H,18,20-21H2,(H,32,36). The highest BCUT2D eigenvalue weighted by Gasteiger charge is 2.33. The number of anilines is 2. The summed E-state index contributed by atoms with van der Waals surface area (Å²) in [5.41, 5.74) is 4.08. The van der Waals surface area contributed by atoms with E-state index in [0.717, 1.165) is 22.4 Å². The second kappa shape index (κ2) is 11.3. The van der Waals surface area contributed by atoms with E-state index >= 15 is 0 Å². The molecule has 37 heavy (non-hydrogen) atoms. The van der Waals surface area contributed by atoms with E-state index in [1.807, 2.05) is 97.1 Å². The normalized spacial score (nSPS) is 14.8. The zero-order valence-corrected chi connectivity index (χ0v) is 20.2. The molecule has 1 N–H and O–H groups in total. The van der Waals surface area contributed by atoms with Crippen molar-refractivity contribution in [2.75, 3.05) is 11.4 Å². The minimum absolute atomic E-state index is 0.175. The number of hydrogen-bond donors (Lipinski definition) is 1. The number of ether oxygens (including phenoxy) is 1. The first-order valence-corrected chi connectivity index (χ1v) is 12.1. The van der Waals surface area contributed by atoms with Gasteiger partial charge < -0.3 is 10.1 Å². The Kier molecular flexibility index (Phi) is 7.31. The molecular formula is C30H26N4O3. The van der Waals surface area contributed by atoms with Crippen LogP contribution < -0.4 is 10.2 Å². The van der Waals surface area contributed by atoms with E-state index in [1.165, 1.54) is 0 Å². The summed E-state index contributed by atoms with van der Waals surface area (Å²) in [6.45, 7) is 0.399. The first-order valence-electron chi connectivity index (χ1n) is 12.1. The number of aromatic nitrogens is 1. The lowest BCUT2D eigenvalue weighted by Crippen LogP contribution is -2.37. The summed E-state index contributed by atoms with van der Waals surface area (Å²) in [6, 6.07) is 31.7. The highest BCUT2D eigenvalue weighted by atomic mass is 16.5. The van der Waals surface area contributed by atoms with E-state index in [-0.39, 0.29) is 19.1 Å². The summed E-state index contributed by atoms with van der Waals surface area (Å²) < 4.78 is 5.31. The van der Waals surface area contributed by atoms with E-state index < -0.39 is 12.1 Å². The van der Waals surface area contributed by atoms with Crippen LogP contribution in [0.4, 0.5) is 16.3 Å². The number of nitrogens with zero attached hydrogens (tertiary/aromatic N) is 3. The predicted molar refractivity (Wildman–Crippen MR) is 143 cm³/mol. The van der Waals surface area contributed by atoms with Crippen LogP contribution in [-0.2, 0) is 16.1 Å². The monoisotopic (exact) mass is 490 g/mol. The van der Waals surface area contributed by atoms with Crippen LogP contribution in [0.5, 0.6) is 0 Å². The molecule has 0 aliphatic carbocycles. The van der Waals surface area contributed by atoms with Gasteiger partial charge in [0.05, 0.1) is 11.4 Å². The minimum atomic E-state index is -0.737. The molecule has 2 heterocycles. The van der Waals surface area contributed by atoms with Crippen LogP contribution in [0.15, 0.2) is 114 Å². The number of carbonyl (C=O) groups is 2. The summed E-state index contributed by atoms with van der Waals surface area (Å²) in [6.07, 6.45) is 1.42. The molecule has 0 spiro atoms. The van der Waals surface area contributed by atoms with E-state index in [0.29, 0.717) is 17.9 Å². The Labute approximate surface area is 215 Å². The van der Waals surface area contributed by atoms with Gasteiger partial charge in [0.1, 0.15) is 18.5 Å². The van der Waals surface area contributed by atoms with Gasteiger partial charge in [0, 0.05) is 23.9 Å². The Morgan fingerprint density at radius 2 is 1.57 bits per heavy atom. The number of fused-ring (bicyclic) bond motifs is 1. The molecule has 2 amide bonds. The van der Waals surface area contributed by atoms with Crippen molar-refractivity contribution in [2.45, 2.75) is 19.1 Å². The van der Waals surface area contributed by atoms with Crippen molar-refractivity contribution in [3.05, 3.63) is 126 Å². The zero-order valence-electron chi connectivity index (χ0n) is 20.2. The van der Waals surface area contributed by atoms with Crippen molar-refractivity contribution in [3.8, 4) is 0 Å². The molecule has 0 saturated carbocycles. The molecule has 0 bridgehead atoms. The predicted octanol–water partition coefficient (Wildman–Crippen LogP) is 5.28. The lowest BCUT2D eigenvalue weighted by atomic mass is 10.0. The summed E-state index contributed by atoms with van der Waals surface area (Å²) in [5, 5.41) is 2.75. The highest BCUT2D eigenvalue weighted by molar-refractivity contribution is 6.21. The molecule has 184 valence electrons. The van der Waals surface area contributed by atoms with Gasteiger partial charge in [0.2, 0.25) is 0 Å². The Morgan fingerprint density at radius 1 is 0.865 bits per heavy atom. The molecule has 1 aromatic heterocycles. The van der Waals surface area contributed by atoms with Gasteiger partial charge in [-0.25, -0.2) is 9.78 Å². The fraction of sp³-hybridized carbons (Fsp3) is 0.133. The van der Waals surface area contributed by atoms with Crippen LogP contribution in [0.25, 0.3) is 0 Å². The molecule has 0 radical (unpaired) electrons. The third-order valence-corrected chi connectivity index (χ3v) is 6.02. The number of alkyl carbamates (subject to hydrolysis) is 1. The largest absolute Gasteiger partial charge is 0.445 e. The van der Waals surface area contributed by atoms with E-state index in [2.05, 4.69) is 10.3 Å². The van der Waals surface area contributed by atoms with Gasteiger partial charge in [0.25, 0.3) is 5.91 Å². The lowest BCUT2D eigenvalue weighted by molar-refractivity contribution is -0.119. The van der Waals surface area contributed by atoms with E-state index in [9.17, 15) is 9.59 Å². The second-order valence-electron chi connectivity index (χ2n) is 8.52. The smallest absolute Gasteiger partial charge is 0.407 e. The maximum atomic E-state index is 13.9. The fourth-order valence-corrected chi connectivity index (χ4v) is 4.24. The van der Waals surface area contributed by atoms with Gasteiger partial charge in [-0.1, -0.05) is 84.9 Å². The Hall–Kier alpha value is -4.78. The Balaban J connectivity index is 1.41. The fourth-order valence-electron chi connectivity index (χ4n) is 4.24. The molecule has 1 atom stereocenters. The molecule has 1 aliphatic heterocycles. The van der Waals surface area contributed by atoms with Crippen LogP contribution >= 0.6 is 0 Å². The first-order chi connectivity index (χ1) is 18.2. The summed E-state index contributed by atoms with van der Waals surface area (Å²) >= 11 is 0. The molecule has 4 aromatic rings. The van der Waals surface area contributed by atoms with Crippen molar-refractivity contribution < 1.29 is 14.3 Å². The number of carbonyl (C=O) groups excluding carboxylic acids is 2. The molecule has 5 rings (SSSR count). The lowest BCUT2D eigenvalue weighted by Gasteiger charge is -2.24. The number of para-hydroxylation sites is 1. The molecule has 0 saturated heterocycles. The molecule has 0 fully saturated rings. The number of hydrogen-bond acceptors (Lipinski definition) is 5. The maximum absolute atomic E-state index is 13.9. The second-order valence-corrected chi connectivity index (χ2v) is 8.52. The summed E-state index contributed by atoms with van der Waals surface area (Å²) in [7, 11) is 0. The van der Waals surface area contributed by atoms with Crippen molar-refractivity contribution in [1.82, 2.24) is 10.3 Å². The number of amides is 2. The maximum Gasteiger partial charge on any atom is 0.407 e. The third-order valence-electron chi connectivity index (χ3n) is 6.02. The highest BCUT2D eigenvalue weighted by Crippen LogP contribution is 2.33. The third kappa shape index (κ3) is 5.56.